The minimum Gasteiger partial charge on any atom is -0.371 e. The number of hydrogen-bond acceptors (Lipinski definition) is 7. The Bertz CT molecular complexity index is 1720. The number of anilines is 1. The van der Waals surface area contributed by atoms with Crippen LogP contribution in [0, 0.1) is 34.9 Å². The van der Waals surface area contributed by atoms with Crippen molar-refractivity contribution in [2.75, 3.05) is 37.6 Å². The quantitative estimate of drug-likeness (QED) is 0.324. The second kappa shape index (κ2) is 13.0. The van der Waals surface area contributed by atoms with Crippen LogP contribution in [0.5, 0.6) is 0 Å². The molecule has 3 aromatic rings. The van der Waals surface area contributed by atoms with Gasteiger partial charge in [0.25, 0.3) is 0 Å². The molecule has 6 rings (SSSR count). The van der Waals surface area contributed by atoms with E-state index in [1.54, 1.807) is 25.2 Å². The molecule has 1 N–H and O–H groups in total. The summed E-state index contributed by atoms with van der Waals surface area (Å²) in [5.41, 5.74) is 0.823. The summed E-state index contributed by atoms with van der Waals surface area (Å²) in [6.07, 6.45) is 8.30. The van der Waals surface area contributed by atoms with Crippen molar-refractivity contribution < 1.29 is 17.6 Å². The van der Waals surface area contributed by atoms with Crippen molar-refractivity contribution in [3.63, 3.8) is 0 Å². The Hall–Kier alpha value is -4.01. The summed E-state index contributed by atoms with van der Waals surface area (Å²) in [5.74, 6) is -0.156. The molecule has 3 atom stereocenters. The number of carbonyl (C=O) groups excluding carboxylic acids is 1. The van der Waals surface area contributed by atoms with Crippen LogP contribution in [0.25, 0.3) is 0 Å². The molecule has 11 heteroatoms. The lowest BCUT2D eigenvalue weighted by atomic mass is 9.59. The number of halogens is 1. The van der Waals surface area contributed by atoms with Crippen molar-refractivity contribution in [2.45, 2.75) is 53.4 Å². The van der Waals surface area contributed by atoms with Crippen LogP contribution >= 0.6 is 0 Å². The smallest absolute Gasteiger partial charge is 0.243 e. The molecule has 1 amide bonds. The zero-order chi connectivity index (χ0) is 32.5. The largest absolute Gasteiger partial charge is 0.371 e. The van der Waals surface area contributed by atoms with E-state index in [0.29, 0.717) is 11.5 Å². The molecule has 0 bridgehead atoms. The zero-order valence-corrected chi connectivity index (χ0v) is 27.0. The van der Waals surface area contributed by atoms with Crippen molar-refractivity contribution in [1.29, 1.82) is 5.26 Å². The van der Waals surface area contributed by atoms with Crippen molar-refractivity contribution >= 4 is 21.4 Å². The van der Waals surface area contributed by atoms with Crippen LogP contribution in [-0.2, 0) is 27.1 Å². The molecule has 3 fully saturated rings. The van der Waals surface area contributed by atoms with Crippen molar-refractivity contribution in [3.05, 3.63) is 85.0 Å². The molecule has 2 saturated heterocycles. The molecule has 3 heterocycles. The fourth-order valence-electron chi connectivity index (χ4n) is 8.00. The number of sulfone groups is 1. The third-order valence-electron chi connectivity index (χ3n) is 10.3. The number of benzene rings is 2. The number of nitrogens with one attached hydrogen (secondary N) is 1. The molecule has 0 radical (unpaired) electrons. The molecule has 1 saturated carbocycles. The third-order valence-corrected chi connectivity index (χ3v) is 12.0. The highest BCUT2D eigenvalue weighted by atomic mass is 32.2. The lowest BCUT2D eigenvalue weighted by molar-refractivity contribution is -0.117. The lowest BCUT2D eigenvalue weighted by Gasteiger charge is -2.48. The Morgan fingerprint density at radius 1 is 1.13 bits per heavy atom. The Morgan fingerprint density at radius 2 is 1.87 bits per heavy atom. The number of nitriles is 1. The maximum atomic E-state index is 14.6. The summed E-state index contributed by atoms with van der Waals surface area (Å²) in [7, 11) is -1.91. The molecule has 3 aliphatic rings. The molecule has 242 valence electrons. The Morgan fingerprint density at radius 3 is 2.50 bits per heavy atom. The predicted octanol–water partition coefficient (Wildman–Crippen LogP) is 4.47. The molecule has 1 aromatic heterocycles. The molecular formula is C35H41FN6O3S. The summed E-state index contributed by atoms with van der Waals surface area (Å²) in [4.78, 5) is 17.5. The zero-order valence-electron chi connectivity index (χ0n) is 26.2. The van der Waals surface area contributed by atoms with Gasteiger partial charge in [-0.2, -0.15) is 10.4 Å². The van der Waals surface area contributed by atoms with Gasteiger partial charge in [0.15, 0.2) is 0 Å². The molecule has 0 spiro atoms. The van der Waals surface area contributed by atoms with E-state index in [1.807, 2.05) is 18.2 Å². The first-order chi connectivity index (χ1) is 22.1. The summed E-state index contributed by atoms with van der Waals surface area (Å²) in [5, 5.41) is 18.0. The molecular weight excluding hydrogens is 603 g/mol. The van der Waals surface area contributed by atoms with Crippen LogP contribution in [0.2, 0.25) is 0 Å². The van der Waals surface area contributed by atoms with E-state index in [2.05, 4.69) is 32.9 Å². The second-order valence-electron chi connectivity index (χ2n) is 13.0. The number of carbonyl (C=O) groups is 1. The van der Waals surface area contributed by atoms with E-state index in [-0.39, 0.29) is 39.4 Å². The van der Waals surface area contributed by atoms with Crippen LogP contribution in [0.1, 0.15) is 37.7 Å². The first kappa shape index (κ1) is 32.0. The monoisotopic (exact) mass is 644 g/mol. The van der Waals surface area contributed by atoms with Gasteiger partial charge in [-0.05, 0) is 92.7 Å². The summed E-state index contributed by atoms with van der Waals surface area (Å²) in [6.45, 7) is 8.06. The molecule has 2 aliphatic heterocycles. The van der Waals surface area contributed by atoms with E-state index in [4.69, 9.17) is 0 Å². The summed E-state index contributed by atoms with van der Waals surface area (Å²) >= 11 is 0. The first-order valence-corrected chi connectivity index (χ1v) is 17.5. The van der Waals surface area contributed by atoms with Gasteiger partial charge >= 0.3 is 0 Å². The third kappa shape index (κ3) is 6.08. The number of rotatable bonds is 10. The van der Waals surface area contributed by atoms with E-state index in [9.17, 15) is 22.9 Å². The van der Waals surface area contributed by atoms with E-state index in [1.165, 1.54) is 35.3 Å². The predicted molar refractivity (Wildman–Crippen MR) is 173 cm³/mol. The Kier molecular flexibility index (Phi) is 9.03. The molecule has 9 nitrogen and oxygen atoms in total. The number of aryl methyl sites for hydroxylation is 1. The van der Waals surface area contributed by atoms with E-state index >= 15 is 0 Å². The van der Waals surface area contributed by atoms with Gasteiger partial charge in [0, 0.05) is 56.4 Å². The topological polar surface area (TPSA) is 111 Å². The lowest BCUT2D eigenvalue weighted by Crippen LogP contribution is -2.55. The average Bonchev–Trinajstić information content (AvgIpc) is 3.70. The van der Waals surface area contributed by atoms with Crippen LogP contribution in [-0.4, -0.2) is 67.8 Å². The van der Waals surface area contributed by atoms with Gasteiger partial charge in [0.2, 0.25) is 15.7 Å². The van der Waals surface area contributed by atoms with Gasteiger partial charge in [0.1, 0.15) is 10.7 Å². The van der Waals surface area contributed by atoms with E-state index in [0.717, 1.165) is 70.5 Å². The van der Waals surface area contributed by atoms with Gasteiger partial charge in [0.05, 0.1) is 22.6 Å². The van der Waals surface area contributed by atoms with Gasteiger partial charge in [-0.25, -0.2) is 12.8 Å². The Labute approximate surface area is 270 Å². The highest BCUT2D eigenvalue weighted by molar-refractivity contribution is 7.91. The van der Waals surface area contributed by atoms with Crippen molar-refractivity contribution in [2.24, 2.45) is 24.8 Å². The first-order valence-electron chi connectivity index (χ1n) is 16.1. The molecule has 2 aromatic carbocycles. The number of aromatic nitrogens is 2. The van der Waals surface area contributed by atoms with Crippen LogP contribution < -0.4 is 10.2 Å². The van der Waals surface area contributed by atoms with Crippen LogP contribution in [0.15, 0.2) is 83.4 Å². The highest BCUT2D eigenvalue weighted by Crippen LogP contribution is 2.50. The van der Waals surface area contributed by atoms with Gasteiger partial charge in [-0.3, -0.25) is 9.48 Å². The fraction of sp³-hybridized carbons (Fsp3) is 0.457. The molecule has 46 heavy (non-hydrogen) atoms. The fourth-order valence-corrected chi connectivity index (χ4v) is 9.24. The summed E-state index contributed by atoms with van der Waals surface area (Å²) < 4.78 is 41.8. The van der Waals surface area contributed by atoms with E-state index < -0.39 is 15.3 Å². The second-order valence-corrected chi connectivity index (χ2v) is 15.0. The number of hydrogen-bond donors (Lipinski definition) is 1. The maximum Gasteiger partial charge on any atom is 0.243 e. The van der Waals surface area contributed by atoms with Crippen molar-refractivity contribution in [1.82, 2.24) is 20.0 Å². The Balaban J connectivity index is 1.08. The highest BCUT2D eigenvalue weighted by Gasteiger charge is 2.52. The van der Waals surface area contributed by atoms with Crippen LogP contribution in [0.3, 0.4) is 0 Å². The molecule has 1 aliphatic carbocycles. The maximum absolute atomic E-state index is 14.6. The van der Waals surface area contributed by atoms with Gasteiger partial charge < -0.3 is 15.1 Å². The normalized spacial score (nSPS) is 22.5. The van der Waals surface area contributed by atoms with Gasteiger partial charge in [-0.15, -0.1) is 0 Å². The minimum atomic E-state index is -3.60. The van der Waals surface area contributed by atoms with Crippen molar-refractivity contribution in [3.8, 4) is 6.07 Å². The minimum absolute atomic E-state index is 0.0427. The number of amides is 1. The number of piperidine rings is 1. The number of nitrogens with zero attached hydrogens (tertiary/aromatic N) is 5. The average molecular weight is 645 g/mol. The SMILES string of the molecule is C=CC(=O)N[C@H]1CCC[C@@H]1[C@](C#N)(c1cccc(F)c1)C1CCN(CC2CN(c3ccc(S(=O)(=O)c4cnn(C)c4)cc3)C2)CC1. The summed E-state index contributed by atoms with van der Waals surface area (Å²) in [6, 6.07) is 16.1. The van der Waals surface area contributed by atoms with Crippen LogP contribution in [0.4, 0.5) is 10.1 Å². The molecule has 0 unspecified atom stereocenters. The standard InChI is InChI=1S/C35H41FN6O3S/c1-3-34(43)39-33-9-5-8-32(33)35(24-37,27-6-4-7-28(36)18-27)26-14-16-41(17-15-26)20-25-21-42(22-25)29-10-12-30(13-11-29)46(44,45)31-19-38-40(2)23-31/h3-4,6-7,10-13,18-19,23,25-26,32-33H,1,5,8-9,14-17,20-22H2,2H3,(H,39,43)/t32-,33-,35-/m0/s1. The number of likely N-dealkylation sites (tertiary alicyclic amines) is 1. The van der Waals surface area contributed by atoms with Gasteiger partial charge in [-0.1, -0.05) is 25.1 Å².